The molecule has 2 heteroatoms. The summed E-state index contributed by atoms with van der Waals surface area (Å²) in [6.45, 7) is 0. The fraction of sp³-hybridized carbons (Fsp3) is 0.0606. The standard InChI is InChI=1S/C66H46N2/c1-2-20-48-39-50(34-29-43(48)15-1)65-56-37-35-52(68-63-27-13-6-18-46(63)32-33-47-19-7-14-28-64(47)68)42-60(56)66(58-40-49-21-3-8-22-53(49)54-23-9-10-24-55(54)58)57-38-36-51(41-59(57)65)67-61-25-11-4-16-44(61)30-31-45-17-5-12-26-62(45)67/h1-4,6,8-16,18,20-42H,5,7,17,19H2. The van der Waals surface area contributed by atoms with E-state index in [1.807, 2.05) is 0 Å². The van der Waals surface area contributed by atoms with Crippen LogP contribution in [0.4, 0.5) is 22.7 Å². The molecule has 68 heavy (non-hydrogen) atoms. The highest BCUT2D eigenvalue weighted by Crippen LogP contribution is 2.51. The number of nitrogens with zero attached hydrogens (tertiary/aromatic N) is 2. The Kier molecular flexibility index (Phi) is 8.88. The van der Waals surface area contributed by atoms with Gasteiger partial charge in [0.2, 0.25) is 0 Å². The Morgan fingerprint density at radius 1 is 0.324 bits per heavy atom. The molecule has 0 fully saturated rings. The van der Waals surface area contributed by atoms with E-state index in [2.05, 4.69) is 240 Å². The van der Waals surface area contributed by atoms with Crippen LogP contribution >= 0.6 is 0 Å². The summed E-state index contributed by atoms with van der Waals surface area (Å²) < 4.78 is 0. The molecular formula is C66H46N2. The lowest BCUT2D eigenvalue weighted by atomic mass is 9.83. The van der Waals surface area contributed by atoms with Gasteiger partial charge in [-0.3, -0.25) is 0 Å². The monoisotopic (exact) mass is 866 g/mol. The molecule has 0 spiro atoms. The van der Waals surface area contributed by atoms with Crippen LogP contribution in [0.25, 0.3) is 88.3 Å². The number of hydrogen-bond donors (Lipinski definition) is 0. The van der Waals surface area contributed by atoms with Gasteiger partial charge in [-0.15, -0.1) is 0 Å². The second-order valence-corrected chi connectivity index (χ2v) is 18.6. The molecule has 10 aromatic rings. The van der Waals surface area contributed by atoms with Crippen LogP contribution in [0.2, 0.25) is 0 Å². The van der Waals surface area contributed by atoms with Crippen LogP contribution in [0, 0.1) is 0 Å². The van der Waals surface area contributed by atoms with Crippen molar-refractivity contribution in [3.05, 3.63) is 252 Å². The SMILES string of the molecule is C1=CC2=C(C=Cc3ccccc3N2c2ccc3c(-c4cc5ccccc5c5ccccc45)c4cc(N5C6=C(C=Cc7ccccc75)CCC=C6)ccc4c(-c4ccc5ccccc5c4)c3c2)CC1. The Balaban J connectivity index is 1.14. The number of benzene rings is 10. The number of para-hydroxylation sites is 2. The molecule has 2 aliphatic carbocycles. The Morgan fingerprint density at radius 2 is 0.853 bits per heavy atom. The molecule has 2 aliphatic heterocycles. The molecule has 0 N–H and O–H groups in total. The van der Waals surface area contributed by atoms with E-state index in [4.69, 9.17) is 0 Å². The quantitative estimate of drug-likeness (QED) is 0.128. The van der Waals surface area contributed by atoms with Crippen molar-refractivity contribution in [1.29, 1.82) is 0 Å². The minimum atomic E-state index is 1.01. The molecule has 0 unspecified atom stereocenters. The number of hydrogen-bond acceptors (Lipinski definition) is 2. The van der Waals surface area contributed by atoms with E-state index in [1.54, 1.807) is 0 Å². The molecular weight excluding hydrogens is 821 g/mol. The van der Waals surface area contributed by atoms with Gasteiger partial charge in [-0.25, -0.2) is 0 Å². The Hall–Kier alpha value is -8.46. The summed E-state index contributed by atoms with van der Waals surface area (Å²) >= 11 is 0. The molecule has 0 atom stereocenters. The largest absolute Gasteiger partial charge is 0.310 e. The fourth-order valence-corrected chi connectivity index (χ4v) is 11.7. The molecule has 10 aromatic carbocycles. The van der Waals surface area contributed by atoms with Crippen molar-refractivity contribution in [1.82, 2.24) is 0 Å². The Labute approximate surface area is 396 Å². The Bertz CT molecular complexity index is 3980. The summed E-state index contributed by atoms with van der Waals surface area (Å²) in [5, 5.41) is 12.4. The first-order valence-corrected chi connectivity index (χ1v) is 24.1. The van der Waals surface area contributed by atoms with E-state index < -0.39 is 0 Å². The minimum absolute atomic E-state index is 1.01. The first-order chi connectivity index (χ1) is 33.7. The van der Waals surface area contributed by atoms with Crippen molar-refractivity contribution in [3.63, 3.8) is 0 Å². The Morgan fingerprint density at radius 3 is 1.51 bits per heavy atom. The number of anilines is 4. The van der Waals surface area contributed by atoms with E-state index in [1.165, 1.54) is 121 Å². The van der Waals surface area contributed by atoms with Gasteiger partial charge >= 0.3 is 0 Å². The normalized spacial score (nSPS) is 15.3. The second kappa shape index (κ2) is 15.6. The third kappa shape index (κ3) is 6.11. The van der Waals surface area contributed by atoms with Crippen LogP contribution in [-0.4, -0.2) is 0 Å². The third-order valence-corrected chi connectivity index (χ3v) is 14.8. The van der Waals surface area contributed by atoms with Gasteiger partial charge in [0.15, 0.2) is 0 Å². The average molecular weight is 867 g/mol. The molecule has 0 aromatic heterocycles. The summed E-state index contributed by atoms with van der Waals surface area (Å²) in [5.41, 5.74) is 17.3. The summed E-state index contributed by atoms with van der Waals surface area (Å²) in [7, 11) is 0. The van der Waals surface area contributed by atoms with Gasteiger partial charge < -0.3 is 9.80 Å². The van der Waals surface area contributed by atoms with Crippen molar-refractivity contribution in [3.8, 4) is 22.3 Å². The zero-order chi connectivity index (χ0) is 44.7. The van der Waals surface area contributed by atoms with Crippen LogP contribution in [-0.2, 0) is 0 Å². The second-order valence-electron chi connectivity index (χ2n) is 18.6. The first kappa shape index (κ1) is 38.8. The maximum atomic E-state index is 2.51. The molecule has 320 valence electrons. The molecule has 0 radical (unpaired) electrons. The summed E-state index contributed by atoms with van der Waals surface area (Å²) in [6, 6.07) is 68.5. The van der Waals surface area contributed by atoms with Gasteiger partial charge in [-0.2, -0.15) is 0 Å². The summed E-state index contributed by atoms with van der Waals surface area (Å²) in [5.74, 6) is 0. The van der Waals surface area contributed by atoms with Crippen molar-refractivity contribution >= 4 is 88.8 Å². The van der Waals surface area contributed by atoms with E-state index in [9.17, 15) is 0 Å². The zero-order valence-electron chi connectivity index (χ0n) is 37.7. The number of fused-ring (bicyclic) bond motifs is 8. The number of allylic oxidation sites excluding steroid dienone is 8. The molecule has 2 heterocycles. The van der Waals surface area contributed by atoms with Crippen molar-refractivity contribution < 1.29 is 0 Å². The van der Waals surface area contributed by atoms with Crippen LogP contribution < -0.4 is 9.80 Å². The molecule has 0 bridgehead atoms. The highest BCUT2D eigenvalue weighted by molar-refractivity contribution is 6.27. The lowest BCUT2D eigenvalue weighted by Gasteiger charge is -2.31. The van der Waals surface area contributed by atoms with E-state index in [0.29, 0.717) is 0 Å². The highest BCUT2D eigenvalue weighted by Gasteiger charge is 2.27. The third-order valence-electron chi connectivity index (χ3n) is 14.8. The number of rotatable bonds is 4. The van der Waals surface area contributed by atoms with Crippen LogP contribution in [0.1, 0.15) is 36.8 Å². The molecule has 0 saturated carbocycles. The van der Waals surface area contributed by atoms with Gasteiger partial charge in [0.25, 0.3) is 0 Å². The van der Waals surface area contributed by atoms with E-state index in [0.717, 1.165) is 37.1 Å². The molecule has 0 saturated heterocycles. The smallest absolute Gasteiger partial charge is 0.0534 e. The first-order valence-electron chi connectivity index (χ1n) is 24.1. The summed E-state index contributed by atoms with van der Waals surface area (Å²) in [6.07, 6.45) is 22.8. The van der Waals surface area contributed by atoms with Crippen molar-refractivity contribution in [2.45, 2.75) is 25.7 Å². The predicted molar refractivity (Wildman–Crippen MR) is 291 cm³/mol. The highest BCUT2D eigenvalue weighted by atomic mass is 15.2. The molecule has 14 rings (SSSR count). The van der Waals surface area contributed by atoms with Crippen molar-refractivity contribution in [2.75, 3.05) is 9.80 Å². The molecule has 0 amide bonds. The predicted octanol–water partition coefficient (Wildman–Crippen LogP) is 18.3. The van der Waals surface area contributed by atoms with Gasteiger partial charge in [0, 0.05) is 22.8 Å². The van der Waals surface area contributed by atoms with E-state index >= 15 is 0 Å². The molecule has 4 aliphatic rings. The fourth-order valence-electron chi connectivity index (χ4n) is 11.7. The minimum Gasteiger partial charge on any atom is -0.310 e. The lowest BCUT2D eigenvalue weighted by molar-refractivity contribution is 0.955. The van der Waals surface area contributed by atoms with Gasteiger partial charge in [0.05, 0.1) is 11.4 Å². The van der Waals surface area contributed by atoms with Gasteiger partial charge in [-0.05, 0) is 185 Å². The van der Waals surface area contributed by atoms with Crippen LogP contribution in [0.3, 0.4) is 0 Å². The van der Waals surface area contributed by atoms with Gasteiger partial charge in [-0.1, -0.05) is 170 Å². The topological polar surface area (TPSA) is 6.48 Å². The molecule has 2 nitrogen and oxygen atoms in total. The lowest BCUT2D eigenvalue weighted by Crippen LogP contribution is -2.18. The van der Waals surface area contributed by atoms with Crippen LogP contribution in [0.15, 0.2) is 241 Å². The maximum Gasteiger partial charge on any atom is 0.0534 e. The van der Waals surface area contributed by atoms with Crippen molar-refractivity contribution in [2.24, 2.45) is 0 Å². The summed E-state index contributed by atoms with van der Waals surface area (Å²) in [4.78, 5) is 5.02. The van der Waals surface area contributed by atoms with Gasteiger partial charge in [0.1, 0.15) is 0 Å². The van der Waals surface area contributed by atoms with Crippen LogP contribution in [0.5, 0.6) is 0 Å². The average Bonchev–Trinajstić information content (AvgIpc) is 3.68. The zero-order valence-corrected chi connectivity index (χ0v) is 37.7. The maximum absolute atomic E-state index is 2.51. The van der Waals surface area contributed by atoms with E-state index in [-0.39, 0.29) is 0 Å².